The zero-order chi connectivity index (χ0) is 31.7. The Hall–Kier alpha value is -3.70. The highest BCUT2D eigenvalue weighted by Crippen LogP contribution is 2.34. The van der Waals surface area contributed by atoms with Crippen LogP contribution in [0.15, 0.2) is 58.4 Å². The van der Waals surface area contributed by atoms with E-state index < -0.39 is 38.8 Å². The summed E-state index contributed by atoms with van der Waals surface area (Å²) in [6, 6.07) is 11.7. The number of carbonyl (C=O) groups is 2. The van der Waals surface area contributed by atoms with Gasteiger partial charge in [-0.1, -0.05) is 36.4 Å². The van der Waals surface area contributed by atoms with E-state index in [1.165, 1.54) is 11.0 Å². The monoisotopic (exact) mass is 626 g/mol. The van der Waals surface area contributed by atoms with Gasteiger partial charge in [0.15, 0.2) is 0 Å². The Morgan fingerprint density at radius 3 is 2.14 bits per heavy atom. The molecule has 3 rings (SSSR count). The molecule has 0 aromatic heterocycles. The second-order valence-electron chi connectivity index (χ2n) is 8.78. The summed E-state index contributed by atoms with van der Waals surface area (Å²) in [6.45, 7) is 1.25. The maximum atomic E-state index is 13.2. The molecule has 0 fully saturated rings. The molecule has 0 saturated carbocycles. The van der Waals surface area contributed by atoms with Crippen molar-refractivity contribution in [2.45, 2.75) is 23.8 Å². The topological polar surface area (TPSA) is 129 Å². The summed E-state index contributed by atoms with van der Waals surface area (Å²) in [5, 5.41) is 10.3. The zero-order valence-electron chi connectivity index (χ0n) is 22.4. The zero-order valence-corrected chi connectivity index (χ0v) is 23.2. The van der Waals surface area contributed by atoms with Gasteiger partial charge in [-0.05, 0) is 17.7 Å². The van der Waals surface area contributed by atoms with Gasteiger partial charge < -0.3 is 20.1 Å². The fourth-order valence-corrected chi connectivity index (χ4v) is 4.76. The fourth-order valence-electron chi connectivity index (χ4n) is 3.40. The molecule has 0 saturated heterocycles. The third kappa shape index (κ3) is 9.99. The van der Waals surface area contributed by atoms with Crippen LogP contribution in [0.3, 0.4) is 0 Å². The number of nitrogens with one attached hydrogen (secondary N) is 1. The Morgan fingerprint density at radius 1 is 1.02 bits per heavy atom. The molecule has 1 aliphatic heterocycles. The molecule has 0 unspecified atom stereocenters. The standard InChI is InChI=1S/C23H27F3N4O4S.C2HF3O2/c1-29(15-17-7-9-18(10-8-17)22-27-11-12-28-22)21(31)16-34-14-13-30(2)35(32,33)20-6-4-3-5-19(20)23(24,25)26;3-2(4,5)1(6)7/h3-10H,11-16H2,1-2H3,(H,27,28);(H,6,7). The van der Waals surface area contributed by atoms with E-state index in [1.807, 2.05) is 24.3 Å². The molecular formula is C25H28F6N4O6S. The Kier molecular flexibility index (Phi) is 11.9. The van der Waals surface area contributed by atoms with E-state index in [0.717, 1.165) is 59.6 Å². The van der Waals surface area contributed by atoms with E-state index in [9.17, 15) is 39.6 Å². The molecule has 1 heterocycles. The summed E-state index contributed by atoms with van der Waals surface area (Å²) in [6.07, 6.45) is -9.89. The predicted molar refractivity (Wildman–Crippen MR) is 138 cm³/mol. The van der Waals surface area contributed by atoms with Gasteiger partial charge in [0.1, 0.15) is 12.4 Å². The molecule has 17 heteroatoms. The minimum Gasteiger partial charge on any atom is -0.475 e. The summed E-state index contributed by atoms with van der Waals surface area (Å²) >= 11 is 0. The maximum Gasteiger partial charge on any atom is 0.490 e. The van der Waals surface area contributed by atoms with E-state index in [0.29, 0.717) is 6.54 Å². The number of aliphatic imine (C=N–C) groups is 1. The number of hydrogen-bond acceptors (Lipinski definition) is 7. The van der Waals surface area contributed by atoms with Gasteiger partial charge in [-0.25, -0.2) is 13.2 Å². The van der Waals surface area contributed by atoms with E-state index in [-0.39, 0.29) is 25.7 Å². The highest BCUT2D eigenvalue weighted by Gasteiger charge is 2.39. The number of carboxylic acids is 1. The third-order valence-electron chi connectivity index (χ3n) is 5.65. The maximum absolute atomic E-state index is 13.2. The van der Waals surface area contributed by atoms with E-state index in [1.54, 1.807) is 7.05 Å². The van der Waals surface area contributed by atoms with Crippen LogP contribution in [0.25, 0.3) is 0 Å². The number of rotatable bonds is 10. The lowest BCUT2D eigenvalue weighted by Gasteiger charge is -2.21. The third-order valence-corrected chi connectivity index (χ3v) is 7.56. The first-order valence-corrected chi connectivity index (χ1v) is 13.5. The molecule has 0 radical (unpaired) electrons. The van der Waals surface area contributed by atoms with E-state index in [2.05, 4.69) is 10.3 Å². The second kappa shape index (κ2) is 14.5. The molecule has 42 heavy (non-hydrogen) atoms. The highest BCUT2D eigenvalue weighted by atomic mass is 32.2. The molecule has 2 aromatic rings. The number of benzene rings is 2. The van der Waals surface area contributed by atoms with Crippen molar-refractivity contribution < 1.29 is 54.2 Å². The Bertz CT molecular complexity index is 1360. The lowest BCUT2D eigenvalue weighted by atomic mass is 10.1. The first-order chi connectivity index (χ1) is 19.4. The molecule has 2 aromatic carbocycles. The van der Waals surface area contributed by atoms with Crippen LogP contribution in [-0.2, 0) is 37.1 Å². The molecule has 1 aliphatic rings. The minimum atomic E-state index is -5.08. The van der Waals surface area contributed by atoms with E-state index >= 15 is 0 Å². The van der Waals surface area contributed by atoms with Gasteiger partial charge in [-0.2, -0.15) is 30.6 Å². The molecule has 1 amide bonds. The lowest BCUT2D eigenvalue weighted by molar-refractivity contribution is -0.192. The van der Waals surface area contributed by atoms with Crippen molar-refractivity contribution >= 4 is 27.7 Å². The summed E-state index contributed by atoms with van der Waals surface area (Å²) in [7, 11) is -1.61. The van der Waals surface area contributed by atoms with Crippen molar-refractivity contribution in [3.63, 3.8) is 0 Å². The predicted octanol–water partition coefficient (Wildman–Crippen LogP) is 2.98. The molecule has 0 atom stereocenters. The van der Waals surface area contributed by atoms with Crippen LogP contribution in [0.4, 0.5) is 26.3 Å². The lowest BCUT2D eigenvalue weighted by Crippen LogP contribution is -2.34. The number of nitrogens with zero attached hydrogens (tertiary/aromatic N) is 3. The Morgan fingerprint density at radius 2 is 1.62 bits per heavy atom. The van der Waals surface area contributed by atoms with Gasteiger partial charge in [0, 0.05) is 39.3 Å². The number of hydrogen-bond donors (Lipinski definition) is 2. The average Bonchev–Trinajstić information content (AvgIpc) is 3.45. The van der Waals surface area contributed by atoms with Crippen molar-refractivity contribution in [1.29, 1.82) is 0 Å². The van der Waals surface area contributed by atoms with Crippen molar-refractivity contribution in [3.8, 4) is 0 Å². The molecule has 0 aliphatic carbocycles. The SMILES string of the molecule is CN(Cc1ccc(C2=NCCN2)cc1)C(=O)COCCN(C)S(=O)(=O)c1ccccc1C(F)(F)F.O=C(O)C(F)(F)F. The fraction of sp³-hybridized carbons (Fsp3) is 0.400. The van der Waals surface area contributed by atoms with Crippen molar-refractivity contribution in [2.75, 3.05) is 46.9 Å². The summed E-state index contributed by atoms with van der Waals surface area (Å²) in [4.78, 5) is 26.3. The number of likely N-dealkylation sites (N-methyl/N-ethyl adjacent to an activating group) is 2. The largest absolute Gasteiger partial charge is 0.490 e. The van der Waals surface area contributed by atoms with Gasteiger partial charge in [0.2, 0.25) is 15.9 Å². The summed E-state index contributed by atoms with van der Waals surface area (Å²) in [5.41, 5.74) is 0.656. The molecular weight excluding hydrogens is 598 g/mol. The van der Waals surface area contributed by atoms with Gasteiger partial charge in [0.05, 0.1) is 23.6 Å². The Balaban J connectivity index is 0.000000782. The van der Waals surface area contributed by atoms with Gasteiger partial charge in [0.25, 0.3) is 0 Å². The number of carboxylic acid groups (broad SMARTS) is 1. The quantitative estimate of drug-likeness (QED) is 0.307. The second-order valence-corrected chi connectivity index (χ2v) is 10.8. The first-order valence-electron chi connectivity index (χ1n) is 12.1. The summed E-state index contributed by atoms with van der Waals surface area (Å²) in [5.74, 6) is -2.22. The normalized spacial score (nSPS) is 13.6. The minimum absolute atomic E-state index is 0.159. The number of alkyl halides is 6. The molecule has 0 spiro atoms. The summed E-state index contributed by atoms with van der Waals surface area (Å²) < 4.78 is 103. The van der Waals surface area contributed by atoms with Crippen LogP contribution in [0, 0.1) is 0 Å². The van der Waals surface area contributed by atoms with Gasteiger partial charge >= 0.3 is 18.3 Å². The van der Waals surface area contributed by atoms with Crippen molar-refractivity contribution in [3.05, 3.63) is 65.2 Å². The average molecular weight is 627 g/mol. The van der Waals surface area contributed by atoms with Crippen molar-refractivity contribution in [1.82, 2.24) is 14.5 Å². The molecule has 2 N–H and O–H groups in total. The van der Waals surface area contributed by atoms with Crippen LogP contribution >= 0.6 is 0 Å². The number of amidine groups is 1. The number of ether oxygens (including phenoxy) is 1. The van der Waals surface area contributed by atoms with Crippen LogP contribution in [-0.4, -0.2) is 93.6 Å². The first kappa shape index (κ1) is 34.5. The van der Waals surface area contributed by atoms with Crippen LogP contribution in [0.5, 0.6) is 0 Å². The number of carbonyl (C=O) groups excluding carboxylic acids is 1. The van der Waals surface area contributed by atoms with Crippen LogP contribution in [0.1, 0.15) is 16.7 Å². The van der Waals surface area contributed by atoms with Crippen LogP contribution in [0.2, 0.25) is 0 Å². The molecule has 0 bridgehead atoms. The highest BCUT2D eigenvalue weighted by molar-refractivity contribution is 7.89. The smallest absolute Gasteiger partial charge is 0.475 e. The Labute approximate surface area is 237 Å². The molecule has 232 valence electrons. The number of amides is 1. The number of aliphatic carboxylic acids is 1. The van der Waals surface area contributed by atoms with E-state index in [4.69, 9.17) is 14.6 Å². The van der Waals surface area contributed by atoms with Gasteiger partial charge in [-0.15, -0.1) is 0 Å². The number of sulfonamides is 1. The van der Waals surface area contributed by atoms with Crippen LogP contribution < -0.4 is 5.32 Å². The number of halogens is 6. The van der Waals surface area contributed by atoms with Gasteiger partial charge in [-0.3, -0.25) is 9.79 Å². The molecule has 10 nitrogen and oxygen atoms in total. The van der Waals surface area contributed by atoms with Crippen molar-refractivity contribution in [2.24, 2.45) is 4.99 Å².